The molecule has 20 heavy (non-hydrogen) atoms. The second-order valence-electron chi connectivity index (χ2n) is 3.63. The van der Waals surface area contributed by atoms with Gasteiger partial charge in [-0.15, -0.1) is 0 Å². The van der Waals surface area contributed by atoms with E-state index in [2.05, 4.69) is 0 Å². The Labute approximate surface area is 116 Å². The Morgan fingerprint density at radius 1 is 1.10 bits per heavy atom. The molecular formula is C14H14N2O4. The molecule has 0 radical (unpaired) electrons. The summed E-state index contributed by atoms with van der Waals surface area (Å²) in [5, 5.41) is 35.0. The molecule has 0 aromatic heterocycles. The zero-order valence-corrected chi connectivity index (χ0v) is 10.7. The molecule has 6 heteroatoms. The Morgan fingerprint density at radius 2 is 1.75 bits per heavy atom. The van der Waals surface area contributed by atoms with Crippen molar-refractivity contribution in [3.8, 4) is 23.6 Å². The third-order valence-corrected chi connectivity index (χ3v) is 2.23. The van der Waals surface area contributed by atoms with Crippen LogP contribution in [0.1, 0.15) is 5.56 Å². The molecule has 0 saturated carbocycles. The minimum Gasteiger partial charge on any atom is -0.491 e. The van der Waals surface area contributed by atoms with Crippen LogP contribution in [0.3, 0.4) is 0 Å². The lowest BCUT2D eigenvalue weighted by molar-refractivity contribution is 0.194. The topological polar surface area (TPSA) is 107 Å². The van der Waals surface area contributed by atoms with Gasteiger partial charge in [-0.25, -0.2) is 0 Å². The van der Waals surface area contributed by atoms with E-state index in [1.807, 2.05) is 0 Å². The van der Waals surface area contributed by atoms with Crippen LogP contribution in [-0.4, -0.2) is 36.6 Å². The third kappa shape index (κ3) is 4.62. The molecular weight excluding hydrogens is 260 g/mol. The molecule has 0 fully saturated rings. The molecule has 0 aliphatic rings. The number of benzene rings is 1. The number of aliphatic hydroxyl groups excluding tert-OH is 2. The van der Waals surface area contributed by atoms with Gasteiger partial charge in [0.1, 0.15) is 42.4 Å². The number of aliphatic hydroxyl groups is 2. The third-order valence-electron chi connectivity index (χ3n) is 2.23. The van der Waals surface area contributed by atoms with E-state index in [1.165, 1.54) is 6.08 Å². The Morgan fingerprint density at radius 3 is 2.35 bits per heavy atom. The smallest absolute Gasteiger partial charge is 0.130 e. The lowest BCUT2D eigenvalue weighted by Gasteiger charge is -2.11. The first-order valence-electron chi connectivity index (χ1n) is 5.88. The maximum Gasteiger partial charge on any atom is 0.130 e. The predicted molar refractivity (Wildman–Crippen MR) is 70.8 cm³/mol. The Kier molecular flexibility index (Phi) is 6.63. The van der Waals surface area contributed by atoms with Crippen molar-refractivity contribution in [2.75, 3.05) is 26.4 Å². The van der Waals surface area contributed by atoms with Gasteiger partial charge in [-0.05, 0) is 18.2 Å². The molecule has 1 aromatic rings. The molecule has 1 rings (SSSR count). The normalized spacial score (nSPS) is 9.20. The average molecular weight is 274 g/mol. The van der Waals surface area contributed by atoms with Crippen molar-refractivity contribution in [1.82, 2.24) is 0 Å². The van der Waals surface area contributed by atoms with E-state index in [1.54, 1.807) is 30.3 Å². The van der Waals surface area contributed by atoms with E-state index >= 15 is 0 Å². The number of nitriles is 2. The second-order valence-corrected chi connectivity index (χ2v) is 3.63. The number of rotatable bonds is 7. The van der Waals surface area contributed by atoms with E-state index in [0.717, 1.165) is 0 Å². The maximum atomic E-state index is 8.79. The van der Waals surface area contributed by atoms with Crippen molar-refractivity contribution in [2.24, 2.45) is 0 Å². The first-order valence-corrected chi connectivity index (χ1v) is 5.88. The number of ether oxygens (including phenoxy) is 2. The monoisotopic (exact) mass is 274 g/mol. The molecule has 0 spiro atoms. The average Bonchev–Trinajstić information content (AvgIpc) is 2.49. The second kappa shape index (κ2) is 8.54. The Balaban J connectivity index is 3.07. The minimum atomic E-state index is -0.158. The summed E-state index contributed by atoms with van der Waals surface area (Å²) in [5.41, 5.74) is 0.482. The van der Waals surface area contributed by atoms with Crippen LogP contribution in [0.4, 0.5) is 0 Å². The first kappa shape index (κ1) is 15.5. The predicted octanol–water partition coefficient (Wildman–Crippen LogP) is 0.859. The molecule has 0 unspecified atom stereocenters. The fourth-order valence-electron chi connectivity index (χ4n) is 1.41. The molecule has 1 aromatic carbocycles. The highest BCUT2D eigenvalue weighted by molar-refractivity contribution is 5.67. The molecule has 0 atom stereocenters. The highest BCUT2D eigenvalue weighted by Crippen LogP contribution is 2.27. The van der Waals surface area contributed by atoms with Crippen molar-refractivity contribution < 1.29 is 19.7 Å². The molecule has 104 valence electrons. The summed E-state index contributed by atoms with van der Waals surface area (Å²) in [5.74, 6) is 0.872. The van der Waals surface area contributed by atoms with Gasteiger partial charge < -0.3 is 19.7 Å². The van der Waals surface area contributed by atoms with Gasteiger partial charge in [-0.3, -0.25) is 0 Å². The van der Waals surface area contributed by atoms with Crippen LogP contribution in [0.2, 0.25) is 0 Å². The molecule has 0 amide bonds. The highest BCUT2D eigenvalue weighted by Gasteiger charge is 2.06. The van der Waals surface area contributed by atoms with Gasteiger partial charge in [0.2, 0.25) is 0 Å². The Hall–Kier alpha value is -2.54. The first-order chi connectivity index (χ1) is 9.74. The van der Waals surface area contributed by atoms with Crippen molar-refractivity contribution >= 4 is 6.08 Å². The highest BCUT2D eigenvalue weighted by atomic mass is 16.5. The number of allylic oxidation sites excluding steroid dienone is 1. The summed E-state index contributed by atoms with van der Waals surface area (Å²) in [6, 6.07) is 8.37. The quantitative estimate of drug-likeness (QED) is 0.714. The minimum absolute atomic E-state index is 0.0529. The lowest BCUT2D eigenvalue weighted by atomic mass is 10.1. The maximum absolute atomic E-state index is 8.79. The molecule has 0 aliphatic heterocycles. The molecule has 0 bridgehead atoms. The lowest BCUT2D eigenvalue weighted by Crippen LogP contribution is -2.05. The number of nitrogens with zero attached hydrogens (tertiary/aromatic N) is 2. The van der Waals surface area contributed by atoms with Crippen LogP contribution in [-0.2, 0) is 0 Å². The van der Waals surface area contributed by atoms with E-state index in [0.29, 0.717) is 17.1 Å². The van der Waals surface area contributed by atoms with E-state index in [9.17, 15) is 0 Å². The van der Waals surface area contributed by atoms with Gasteiger partial charge in [0, 0.05) is 11.6 Å². The van der Waals surface area contributed by atoms with E-state index in [4.69, 9.17) is 30.2 Å². The van der Waals surface area contributed by atoms with Crippen molar-refractivity contribution in [2.45, 2.75) is 0 Å². The van der Waals surface area contributed by atoms with Crippen molar-refractivity contribution in [3.63, 3.8) is 0 Å². The zero-order valence-electron chi connectivity index (χ0n) is 10.7. The number of hydrogen-bond acceptors (Lipinski definition) is 6. The summed E-state index contributed by atoms with van der Waals surface area (Å²) in [4.78, 5) is 0. The zero-order chi connectivity index (χ0) is 14.8. The molecule has 0 saturated heterocycles. The molecule has 2 N–H and O–H groups in total. The van der Waals surface area contributed by atoms with Gasteiger partial charge in [0.15, 0.2) is 0 Å². The van der Waals surface area contributed by atoms with Gasteiger partial charge in [0.25, 0.3) is 0 Å². The SMILES string of the molecule is N#CC(C#N)=Cc1ccc(OCCO)cc1OCCO. The van der Waals surface area contributed by atoms with Crippen LogP contribution in [0.5, 0.6) is 11.5 Å². The summed E-state index contributed by atoms with van der Waals surface area (Å²) in [6.07, 6.45) is 1.39. The van der Waals surface area contributed by atoms with Crippen LogP contribution < -0.4 is 9.47 Å². The summed E-state index contributed by atoms with van der Waals surface area (Å²) in [6.45, 7) is -0.0370. The standard InChI is InChI=1S/C14H14N2O4/c15-9-11(10-16)7-12-1-2-13(19-5-3-17)8-14(12)20-6-4-18/h1-2,7-8,17-18H,3-6H2. The summed E-state index contributed by atoms with van der Waals surface area (Å²) >= 11 is 0. The van der Waals surface area contributed by atoms with Gasteiger partial charge in [-0.2, -0.15) is 10.5 Å². The molecule has 0 heterocycles. The van der Waals surface area contributed by atoms with Crippen LogP contribution in [0, 0.1) is 22.7 Å². The van der Waals surface area contributed by atoms with Gasteiger partial charge in [0.05, 0.1) is 13.2 Å². The van der Waals surface area contributed by atoms with Gasteiger partial charge in [-0.1, -0.05) is 0 Å². The number of hydrogen-bond donors (Lipinski definition) is 2. The summed E-state index contributed by atoms with van der Waals surface area (Å²) in [7, 11) is 0. The molecule has 6 nitrogen and oxygen atoms in total. The summed E-state index contributed by atoms with van der Waals surface area (Å²) < 4.78 is 10.6. The Bertz CT molecular complexity index is 539. The largest absolute Gasteiger partial charge is 0.491 e. The van der Waals surface area contributed by atoms with E-state index < -0.39 is 0 Å². The van der Waals surface area contributed by atoms with Crippen LogP contribution >= 0.6 is 0 Å². The van der Waals surface area contributed by atoms with E-state index in [-0.39, 0.29) is 32.0 Å². The van der Waals surface area contributed by atoms with Crippen LogP contribution in [0.25, 0.3) is 6.08 Å². The van der Waals surface area contributed by atoms with Crippen molar-refractivity contribution in [1.29, 1.82) is 10.5 Å². The van der Waals surface area contributed by atoms with Crippen molar-refractivity contribution in [3.05, 3.63) is 29.3 Å². The molecule has 0 aliphatic carbocycles. The fraction of sp³-hybridized carbons (Fsp3) is 0.286. The van der Waals surface area contributed by atoms with Gasteiger partial charge >= 0.3 is 0 Å². The van der Waals surface area contributed by atoms with Crippen LogP contribution in [0.15, 0.2) is 23.8 Å². The fourth-order valence-corrected chi connectivity index (χ4v) is 1.41.